The maximum Gasteiger partial charge on any atom is 0.320 e. The van der Waals surface area contributed by atoms with E-state index in [-0.39, 0.29) is 6.03 Å². The Balaban J connectivity index is 2.73. The SMILES string of the molecule is COCCN(C)C(=O)N1CCNC(=O)C1CC(=O)O. The number of carbonyl (C=O) groups excluding carboxylic acids is 2. The topological polar surface area (TPSA) is 99.2 Å². The molecule has 0 aromatic heterocycles. The Kier molecular flexibility index (Phi) is 5.56. The number of likely N-dealkylation sites (N-methyl/N-ethyl adjacent to an activating group) is 1. The van der Waals surface area contributed by atoms with Gasteiger partial charge in [0.25, 0.3) is 0 Å². The third-order valence-electron chi connectivity index (χ3n) is 2.90. The van der Waals surface area contributed by atoms with Crippen LogP contribution in [0.2, 0.25) is 0 Å². The number of nitrogens with zero attached hydrogens (tertiary/aromatic N) is 2. The first kappa shape index (κ1) is 15.2. The van der Waals surface area contributed by atoms with E-state index in [1.54, 1.807) is 7.05 Å². The van der Waals surface area contributed by atoms with E-state index in [4.69, 9.17) is 9.84 Å². The summed E-state index contributed by atoms with van der Waals surface area (Å²) < 4.78 is 4.88. The van der Waals surface area contributed by atoms with Gasteiger partial charge in [0.15, 0.2) is 0 Å². The van der Waals surface area contributed by atoms with Gasteiger partial charge in [0.2, 0.25) is 5.91 Å². The largest absolute Gasteiger partial charge is 0.481 e. The average molecular weight is 273 g/mol. The first-order valence-corrected chi connectivity index (χ1v) is 5.97. The van der Waals surface area contributed by atoms with Gasteiger partial charge < -0.3 is 25.0 Å². The molecule has 1 aliphatic rings. The highest BCUT2D eigenvalue weighted by atomic mass is 16.5. The summed E-state index contributed by atoms with van der Waals surface area (Å²) in [6.07, 6.45) is -0.393. The van der Waals surface area contributed by atoms with Crippen LogP contribution in [-0.2, 0) is 14.3 Å². The summed E-state index contributed by atoms with van der Waals surface area (Å²) in [5, 5.41) is 11.4. The van der Waals surface area contributed by atoms with Gasteiger partial charge in [-0.05, 0) is 0 Å². The van der Waals surface area contributed by atoms with Crippen molar-refractivity contribution in [3.63, 3.8) is 0 Å². The number of hydrogen-bond acceptors (Lipinski definition) is 4. The number of amides is 3. The molecule has 1 unspecified atom stereocenters. The van der Waals surface area contributed by atoms with Gasteiger partial charge in [-0.3, -0.25) is 9.59 Å². The molecule has 0 saturated carbocycles. The van der Waals surface area contributed by atoms with E-state index in [9.17, 15) is 14.4 Å². The van der Waals surface area contributed by atoms with Crippen molar-refractivity contribution in [2.24, 2.45) is 0 Å². The predicted molar refractivity (Wildman–Crippen MR) is 65.7 cm³/mol. The number of aliphatic carboxylic acids is 1. The molecule has 1 heterocycles. The molecule has 1 fully saturated rings. The van der Waals surface area contributed by atoms with E-state index in [2.05, 4.69) is 5.32 Å². The highest BCUT2D eigenvalue weighted by molar-refractivity contribution is 5.91. The van der Waals surface area contributed by atoms with E-state index >= 15 is 0 Å². The molecule has 0 spiro atoms. The normalized spacial score (nSPS) is 18.9. The average Bonchev–Trinajstić information content (AvgIpc) is 2.37. The molecule has 0 radical (unpaired) electrons. The minimum atomic E-state index is -1.11. The van der Waals surface area contributed by atoms with Gasteiger partial charge in [-0.1, -0.05) is 0 Å². The second-order valence-electron chi connectivity index (χ2n) is 4.30. The third-order valence-corrected chi connectivity index (χ3v) is 2.90. The monoisotopic (exact) mass is 273 g/mol. The number of piperazine rings is 1. The predicted octanol–water partition coefficient (Wildman–Crippen LogP) is -1.04. The van der Waals surface area contributed by atoms with Crippen molar-refractivity contribution in [3.8, 4) is 0 Å². The van der Waals surface area contributed by atoms with Crippen molar-refractivity contribution in [1.82, 2.24) is 15.1 Å². The number of hydrogen-bond donors (Lipinski definition) is 2. The first-order chi connectivity index (χ1) is 8.97. The van der Waals surface area contributed by atoms with Crippen molar-refractivity contribution in [2.45, 2.75) is 12.5 Å². The smallest absolute Gasteiger partial charge is 0.320 e. The number of carboxylic acids is 1. The van der Waals surface area contributed by atoms with E-state index in [1.165, 1.54) is 16.9 Å². The molecule has 0 aliphatic carbocycles. The number of rotatable bonds is 5. The minimum absolute atomic E-state index is 0.305. The summed E-state index contributed by atoms with van der Waals surface area (Å²) in [5.41, 5.74) is 0. The lowest BCUT2D eigenvalue weighted by Gasteiger charge is -2.36. The Morgan fingerprint density at radius 1 is 1.58 bits per heavy atom. The molecule has 8 nitrogen and oxygen atoms in total. The van der Waals surface area contributed by atoms with Crippen LogP contribution in [0.15, 0.2) is 0 Å². The number of methoxy groups -OCH3 is 1. The summed E-state index contributed by atoms with van der Waals surface area (Å²) in [6.45, 7) is 1.40. The molecule has 1 aliphatic heterocycles. The van der Waals surface area contributed by atoms with E-state index < -0.39 is 24.3 Å². The van der Waals surface area contributed by atoms with Crippen LogP contribution in [0.5, 0.6) is 0 Å². The molecule has 1 atom stereocenters. The lowest BCUT2D eigenvalue weighted by Crippen LogP contribution is -2.60. The number of nitrogens with one attached hydrogen (secondary N) is 1. The zero-order valence-corrected chi connectivity index (χ0v) is 11.1. The van der Waals surface area contributed by atoms with Gasteiger partial charge in [0.1, 0.15) is 6.04 Å². The van der Waals surface area contributed by atoms with E-state index in [0.717, 1.165) is 0 Å². The zero-order chi connectivity index (χ0) is 14.4. The molecule has 3 amide bonds. The van der Waals surface area contributed by atoms with Crippen LogP contribution in [-0.4, -0.2) is 79.3 Å². The molecule has 8 heteroatoms. The Morgan fingerprint density at radius 3 is 2.84 bits per heavy atom. The second kappa shape index (κ2) is 6.93. The first-order valence-electron chi connectivity index (χ1n) is 5.97. The summed E-state index contributed by atoms with van der Waals surface area (Å²) >= 11 is 0. The Labute approximate surface area is 111 Å². The van der Waals surface area contributed by atoms with Gasteiger partial charge in [0, 0.05) is 33.8 Å². The molecule has 1 rings (SSSR count). The van der Waals surface area contributed by atoms with Crippen molar-refractivity contribution in [2.75, 3.05) is 40.4 Å². The van der Waals surface area contributed by atoms with Crippen molar-refractivity contribution in [1.29, 1.82) is 0 Å². The molecule has 2 N–H and O–H groups in total. The van der Waals surface area contributed by atoms with E-state index in [0.29, 0.717) is 26.2 Å². The van der Waals surface area contributed by atoms with Crippen LogP contribution in [0.1, 0.15) is 6.42 Å². The third kappa shape index (κ3) is 4.09. The van der Waals surface area contributed by atoms with Crippen LogP contribution in [0.3, 0.4) is 0 Å². The van der Waals surface area contributed by atoms with Crippen molar-refractivity contribution >= 4 is 17.9 Å². The number of carboxylic acid groups (broad SMARTS) is 1. The number of urea groups is 1. The maximum atomic E-state index is 12.2. The van der Waals surface area contributed by atoms with Crippen molar-refractivity contribution in [3.05, 3.63) is 0 Å². The standard InChI is InChI=1S/C11H19N3O5/c1-13(5-6-19-2)11(18)14-4-3-12-10(17)8(14)7-9(15)16/h8H,3-7H2,1-2H3,(H,12,17)(H,15,16). The van der Waals surface area contributed by atoms with Crippen LogP contribution in [0.4, 0.5) is 4.79 Å². The Morgan fingerprint density at radius 2 is 2.26 bits per heavy atom. The summed E-state index contributed by atoms with van der Waals surface area (Å²) in [4.78, 5) is 37.3. The Hall–Kier alpha value is -1.83. The molecule has 0 bridgehead atoms. The van der Waals surface area contributed by atoms with Crippen LogP contribution in [0, 0.1) is 0 Å². The minimum Gasteiger partial charge on any atom is -0.481 e. The molecule has 19 heavy (non-hydrogen) atoms. The zero-order valence-electron chi connectivity index (χ0n) is 11.1. The molecule has 1 saturated heterocycles. The summed E-state index contributed by atoms with van der Waals surface area (Å²) in [7, 11) is 3.12. The molecular weight excluding hydrogens is 254 g/mol. The van der Waals surface area contributed by atoms with Gasteiger partial charge in [-0.2, -0.15) is 0 Å². The molecule has 108 valence electrons. The Bertz CT molecular complexity index is 360. The molecule has 0 aromatic carbocycles. The summed E-state index contributed by atoms with van der Waals surface area (Å²) in [5.74, 6) is -1.54. The van der Waals surface area contributed by atoms with Gasteiger partial charge in [0.05, 0.1) is 13.0 Å². The quantitative estimate of drug-likeness (QED) is 0.666. The fraction of sp³-hybridized carbons (Fsp3) is 0.727. The van der Waals surface area contributed by atoms with Crippen LogP contribution in [0.25, 0.3) is 0 Å². The van der Waals surface area contributed by atoms with Crippen LogP contribution < -0.4 is 5.32 Å². The fourth-order valence-corrected chi connectivity index (χ4v) is 1.86. The van der Waals surface area contributed by atoms with Crippen molar-refractivity contribution < 1.29 is 24.2 Å². The van der Waals surface area contributed by atoms with E-state index in [1.807, 2.05) is 0 Å². The maximum absolute atomic E-state index is 12.2. The van der Waals surface area contributed by atoms with Gasteiger partial charge >= 0.3 is 12.0 Å². The van der Waals surface area contributed by atoms with Gasteiger partial charge in [-0.15, -0.1) is 0 Å². The van der Waals surface area contributed by atoms with Gasteiger partial charge in [-0.25, -0.2) is 4.79 Å². The fourth-order valence-electron chi connectivity index (χ4n) is 1.86. The second-order valence-corrected chi connectivity index (χ2v) is 4.30. The lowest BCUT2D eigenvalue weighted by atomic mass is 10.1. The summed E-state index contributed by atoms with van der Waals surface area (Å²) in [6, 6.07) is -1.32. The molecular formula is C11H19N3O5. The lowest BCUT2D eigenvalue weighted by molar-refractivity contribution is -0.142. The highest BCUT2D eigenvalue weighted by Crippen LogP contribution is 2.11. The molecule has 0 aromatic rings. The highest BCUT2D eigenvalue weighted by Gasteiger charge is 2.35. The number of ether oxygens (including phenoxy) is 1. The van der Waals surface area contributed by atoms with Crippen LogP contribution >= 0.6 is 0 Å². The number of carbonyl (C=O) groups is 3.